The lowest BCUT2D eigenvalue weighted by Crippen LogP contribution is -2.52. The van der Waals surface area contributed by atoms with Crippen LogP contribution in [0.5, 0.6) is 5.75 Å². The van der Waals surface area contributed by atoms with Gasteiger partial charge >= 0.3 is 11.9 Å². The van der Waals surface area contributed by atoms with E-state index in [1.165, 1.54) is 32.1 Å². The summed E-state index contributed by atoms with van der Waals surface area (Å²) < 4.78 is 18.4. The standard InChI is InChI=1S/C37H59NO5/c1-11-36(7,29-12-14-30(15-13-29)43-34(2,3)4)24-37(8,23-35(5,6)32(39)41-17-16-38(9)10)33(40)42-31-27-19-25-18-26(21-27)22-28(31)20-25/h12-15,25-28,31H,11,16-24H2,1-10H3. The summed E-state index contributed by atoms with van der Waals surface area (Å²) in [6.07, 6.45) is 7.95. The second-order valence-electron chi connectivity index (χ2n) is 16.7. The number of carbonyl (C=O) groups is 2. The Morgan fingerprint density at radius 2 is 1.37 bits per heavy atom. The number of likely N-dealkylation sites (N-methyl/N-ethyl adjacent to an activating group) is 1. The minimum atomic E-state index is -0.871. The first kappa shape index (κ1) is 33.8. The molecule has 242 valence electrons. The number of esters is 2. The minimum absolute atomic E-state index is 0.0106. The van der Waals surface area contributed by atoms with E-state index in [-0.39, 0.29) is 29.1 Å². The summed E-state index contributed by atoms with van der Waals surface area (Å²) in [5.41, 5.74) is -1.13. The molecule has 4 aliphatic carbocycles. The molecule has 0 N–H and O–H groups in total. The van der Waals surface area contributed by atoms with Crippen LogP contribution in [0.1, 0.15) is 112 Å². The van der Waals surface area contributed by atoms with Crippen LogP contribution >= 0.6 is 0 Å². The molecule has 0 heterocycles. The van der Waals surface area contributed by atoms with Crippen LogP contribution < -0.4 is 4.74 Å². The van der Waals surface area contributed by atoms with Crippen LogP contribution in [0.2, 0.25) is 0 Å². The Morgan fingerprint density at radius 3 is 1.86 bits per heavy atom. The van der Waals surface area contributed by atoms with Gasteiger partial charge in [0.15, 0.2) is 0 Å². The van der Waals surface area contributed by atoms with Crippen LogP contribution in [-0.2, 0) is 24.5 Å². The fourth-order valence-electron chi connectivity index (χ4n) is 8.68. The summed E-state index contributed by atoms with van der Waals surface area (Å²) >= 11 is 0. The zero-order valence-corrected chi connectivity index (χ0v) is 28.8. The van der Waals surface area contributed by atoms with Crippen LogP contribution in [0, 0.1) is 34.5 Å². The van der Waals surface area contributed by atoms with Crippen molar-refractivity contribution >= 4 is 11.9 Å². The third-order valence-corrected chi connectivity index (χ3v) is 10.6. The van der Waals surface area contributed by atoms with Crippen molar-refractivity contribution in [2.45, 2.75) is 124 Å². The molecule has 6 nitrogen and oxygen atoms in total. The Kier molecular flexibility index (Phi) is 10.0. The van der Waals surface area contributed by atoms with Gasteiger partial charge in [-0.05, 0) is 154 Å². The predicted octanol–water partition coefficient (Wildman–Crippen LogP) is 7.82. The van der Waals surface area contributed by atoms with Gasteiger partial charge in [0, 0.05) is 6.54 Å². The first-order chi connectivity index (χ1) is 19.9. The number of hydrogen-bond donors (Lipinski definition) is 0. The van der Waals surface area contributed by atoms with E-state index in [0.29, 0.717) is 37.8 Å². The van der Waals surface area contributed by atoms with Gasteiger partial charge in [0.25, 0.3) is 0 Å². The molecule has 0 aromatic heterocycles. The van der Waals surface area contributed by atoms with E-state index in [1.807, 2.05) is 72.7 Å². The molecule has 43 heavy (non-hydrogen) atoms. The number of benzene rings is 1. The van der Waals surface area contributed by atoms with Crippen LogP contribution in [0.25, 0.3) is 0 Å². The maximum Gasteiger partial charge on any atom is 0.312 e. The third kappa shape index (κ3) is 8.15. The van der Waals surface area contributed by atoms with Crippen molar-refractivity contribution in [3.63, 3.8) is 0 Å². The quantitative estimate of drug-likeness (QED) is 0.216. The molecule has 2 atom stereocenters. The van der Waals surface area contributed by atoms with Gasteiger partial charge in [0.1, 0.15) is 24.1 Å². The summed E-state index contributed by atoms with van der Waals surface area (Å²) in [4.78, 5) is 29.9. The summed E-state index contributed by atoms with van der Waals surface area (Å²) in [6.45, 7) is 17.4. The normalized spacial score (nSPS) is 27.8. The maximum absolute atomic E-state index is 14.5. The first-order valence-electron chi connectivity index (χ1n) is 16.8. The highest BCUT2D eigenvalue weighted by Gasteiger charge is 2.53. The summed E-state index contributed by atoms with van der Waals surface area (Å²) in [5, 5.41) is 0. The highest BCUT2D eigenvalue weighted by Crippen LogP contribution is 2.55. The first-order valence-corrected chi connectivity index (χ1v) is 16.8. The number of carbonyl (C=O) groups excluding carboxylic acids is 2. The van der Waals surface area contributed by atoms with Gasteiger partial charge in [0.05, 0.1) is 10.8 Å². The summed E-state index contributed by atoms with van der Waals surface area (Å²) in [7, 11) is 3.92. The second-order valence-corrected chi connectivity index (χ2v) is 16.7. The Labute approximate surface area is 261 Å². The Bertz CT molecular complexity index is 1090. The van der Waals surface area contributed by atoms with E-state index in [9.17, 15) is 9.59 Å². The summed E-state index contributed by atoms with van der Waals surface area (Å²) in [6, 6.07) is 8.33. The molecule has 0 saturated heterocycles. The minimum Gasteiger partial charge on any atom is -0.488 e. The zero-order valence-electron chi connectivity index (χ0n) is 28.8. The van der Waals surface area contributed by atoms with Gasteiger partial charge in [-0.25, -0.2) is 0 Å². The van der Waals surface area contributed by atoms with Crippen LogP contribution in [0.4, 0.5) is 0 Å². The number of ether oxygens (including phenoxy) is 3. The Hall–Kier alpha value is -2.08. The highest BCUT2D eigenvalue weighted by atomic mass is 16.5. The lowest BCUT2D eigenvalue weighted by molar-refractivity contribution is -0.185. The average molecular weight is 598 g/mol. The molecule has 1 aromatic rings. The monoisotopic (exact) mass is 597 g/mol. The van der Waals surface area contributed by atoms with Crippen molar-refractivity contribution in [3.05, 3.63) is 29.8 Å². The molecule has 2 unspecified atom stereocenters. The molecule has 0 radical (unpaired) electrons. The number of hydrogen-bond acceptors (Lipinski definition) is 6. The van der Waals surface area contributed by atoms with Crippen LogP contribution in [-0.4, -0.2) is 55.8 Å². The van der Waals surface area contributed by atoms with E-state index < -0.39 is 10.8 Å². The highest BCUT2D eigenvalue weighted by molar-refractivity contribution is 5.80. The maximum atomic E-state index is 14.5. The molecule has 0 aliphatic heterocycles. The lowest BCUT2D eigenvalue weighted by Gasteiger charge is -2.54. The van der Waals surface area contributed by atoms with E-state index >= 15 is 0 Å². The smallest absolute Gasteiger partial charge is 0.312 e. The molecular weight excluding hydrogens is 538 g/mol. The van der Waals surface area contributed by atoms with Crippen molar-refractivity contribution in [1.82, 2.24) is 4.90 Å². The predicted molar refractivity (Wildman–Crippen MR) is 172 cm³/mol. The Morgan fingerprint density at radius 1 is 0.814 bits per heavy atom. The van der Waals surface area contributed by atoms with Crippen LogP contribution in [0.3, 0.4) is 0 Å². The van der Waals surface area contributed by atoms with Crippen molar-refractivity contribution in [3.8, 4) is 5.75 Å². The molecule has 6 heteroatoms. The van der Waals surface area contributed by atoms with Crippen molar-refractivity contribution in [2.24, 2.45) is 34.5 Å². The Balaban J connectivity index is 1.59. The van der Waals surface area contributed by atoms with E-state index in [1.54, 1.807) is 0 Å². The molecule has 0 amide bonds. The SMILES string of the molecule is CCC(C)(CC(C)(CC(C)(C)C(=O)OCCN(C)C)C(=O)OC1C2CC3CC(C2)CC1C3)c1ccc(OC(C)(C)C)cc1. The molecule has 0 spiro atoms. The molecule has 1 aromatic carbocycles. The molecule has 4 saturated carbocycles. The van der Waals surface area contributed by atoms with Gasteiger partial charge in [-0.1, -0.05) is 26.0 Å². The van der Waals surface area contributed by atoms with Gasteiger partial charge < -0.3 is 19.1 Å². The zero-order chi connectivity index (χ0) is 31.8. The van der Waals surface area contributed by atoms with Crippen LogP contribution in [0.15, 0.2) is 24.3 Å². The van der Waals surface area contributed by atoms with Gasteiger partial charge in [-0.3, -0.25) is 9.59 Å². The van der Waals surface area contributed by atoms with Crippen molar-refractivity contribution < 1.29 is 23.8 Å². The van der Waals surface area contributed by atoms with E-state index in [4.69, 9.17) is 14.2 Å². The van der Waals surface area contributed by atoms with Gasteiger partial charge in [-0.15, -0.1) is 0 Å². The summed E-state index contributed by atoms with van der Waals surface area (Å²) in [5.74, 6) is 3.03. The molecule has 5 rings (SSSR count). The largest absolute Gasteiger partial charge is 0.488 e. The average Bonchev–Trinajstić information content (AvgIpc) is 2.89. The fourth-order valence-corrected chi connectivity index (χ4v) is 8.68. The van der Waals surface area contributed by atoms with Gasteiger partial charge in [-0.2, -0.15) is 0 Å². The number of rotatable bonds is 13. The van der Waals surface area contributed by atoms with E-state index in [2.05, 4.69) is 26.0 Å². The molecular formula is C37H59NO5. The molecule has 4 aliphatic rings. The number of nitrogens with zero attached hydrogens (tertiary/aromatic N) is 1. The van der Waals surface area contributed by atoms with Crippen molar-refractivity contribution in [2.75, 3.05) is 27.2 Å². The fraction of sp³-hybridized carbons (Fsp3) is 0.784. The molecule has 4 bridgehead atoms. The topological polar surface area (TPSA) is 65.1 Å². The van der Waals surface area contributed by atoms with E-state index in [0.717, 1.165) is 29.6 Å². The lowest BCUT2D eigenvalue weighted by atomic mass is 9.55. The van der Waals surface area contributed by atoms with Crippen molar-refractivity contribution in [1.29, 1.82) is 0 Å². The molecule has 4 fully saturated rings. The second kappa shape index (κ2) is 12.7. The van der Waals surface area contributed by atoms with Gasteiger partial charge in [0.2, 0.25) is 0 Å². The third-order valence-electron chi connectivity index (χ3n) is 10.6.